The normalized spacial score (nSPS) is 16.5. The van der Waals surface area contributed by atoms with Gasteiger partial charge in [-0.25, -0.2) is 8.42 Å². The van der Waals surface area contributed by atoms with Gasteiger partial charge in [0.2, 0.25) is 9.84 Å². The molecule has 1 heterocycles. The van der Waals surface area contributed by atoms with Gasteiger partial charge >= 0.3 is 0 Å². The minimum Gasteiger partial charge on any atom is -0.317 e. The van der Waals surface area contributed by atoms with Crippen molar-refractivity contribution in [2.75, 3.05) is 13.1 Å². The molecule has 0 bridgehead atoms. The summed E-state index contributed by atoms with van der Waals surface area (Å²) < 4.78 is 25.1. The third-order valence-electron chi connectivity index (χ3n) is 4.27. The van der Waals surface area contributed by atoms with E-state index >= 15 is 0 Å². The van der Waals surface area contributed by atoms with E-state index in [1.54, 1.807) is 36.4 Å². The lowest BCUT2D eigenvalue weighted by Gasteiger charge is -2.22. The van der Waals surface area contributed by atoms with Gasteiger partial charge in [0.25, 0.3) is 0 Å². The second-order valence-corrected chi connectivity index (χ2v) is 7.81. The zero-order chi connectivity index (χ0) is 15.4. The van der Waals surface area contributed by atoms with Gasteiger partial charge < -0.3 is 5.32 Å². The van der Waals surface area contributed by atoms with Gasteiger partial charge in [0.1, 0.15) is 0 Å². The summed E-state index contributed by atoms with van der Waals surface area (Å²) >= 11 is 0. The second kappa shape index (κ2) is 6.63. The predicted octanol–water partition coefficient (Wildman–Crippen LogP) is 3.06. The summed E-state index contributed by atoms with van der Waals surface area (Å²) in [6.07, 6.45) is 3.43. The lowest BCUT2D eigenvalue weighted by Crippen LogP contribution is -2.28. The first kappa shape index (κ1) is 15.3. The SMILES string of the molecule is O=S(=O)(c1ccccc1)c1ccc(CC2CCNCC2)cc1. The number of hydrogen-bond acceptors (Lipinski definition) is 3. The van der Waals surface area contributed by atoms with E-state index in [2.05, 4.69) is 5.32 Å². The fourth-order valence-electron chi connectivity index (χ4n) is 2.96. The Balaban J connectivity index is 1.76. The maximum absolute atomic E-state index is 12.5. The van der Waals surface area contributed by atoms with Gasteiger partial charge in [-0.05, 0) is 68.1 Å². The molecule has 1 saturated heterocycles. The summed E-state index contributed by atoms with van der Waals surface area (Å²) in [5.74, 6) is 0.706. The van der Waals surface area contributed by atoms with Crippen LogP contribution in [-0.4, -0.2) is 21.5 Å². The standard InChI is InChI=1S/C18H21NO2S/c20-22(21,17-4-2-1-3-5-17)18-8-6-15(7-9-18)14-16-10-12-19-13-11-16/h1-9,16,19H,10-14H2. The molecule has 2 aromatic carbocycles. The van der Waals surface area contributed by atoms with Crippen LogP contribution < -0.4 is 5.32 Å². The number of benzene rings is 2. The molecule has 0 atom stereocenters. The summed E-state index contributed by atoms with van der Waals surface area (Å²) in [5.41, 5.74) is 1.22. The molecule has 0 radical (unpaired) electrons. The summed E-state index contributed by atoms with van der Waals surface area (Å²) in [6, 6.07) is 16.0. The maximum atomic E-state index is 12.5. The van der Waals surface area contributed by atoms with Crippen molar-refractivity contribution in [1.29, 1.82) is 0 Å². The van der Waals surface area contributed by atoms with Crippen LogP contribution in [0.1, 0.15) is 18.4 Å². The smallest absolute Gasteiger partial charge is 0.206 e. The Bertz CT molecular complexity index is 703. The van der Waals surface area contributed by atoms with Crippen molar-refractivity contribution in [1.82, 2.24) is 5.32 Å². The molecule has 1 N–H and O–H groups in total. The highest BCUT2D eigenvalue weighted by molar-refractivity contribution is 7.91. The van der Waals surface area contributed by atoms with E-state index in [1.807, 2.05) is 18.2 Å². The Labute approximate surface area is 132 Å². The molecule has 0 amide bonds. The molecule has 1 aliphatic heterocycles. The van der Waals surface area contributed by atoms with Gasteiger partial charge in [-0.2, -0.15) is 0 Å². The van der Waals surface area contributed by atoms with Crippen LogP contribution in [0.2, 0.25) is 0 Å². The minimum absolute atomic E-state index is 0.348. The summed E-state index contributed by atoms with van der Waals surface area (Å²) in [6.45, 7) is 2.18. The van der Waals surface area contributed by atoms with Crippen molar-refractivity contribution in [2.24, 2.45) is 5.92 Å². The minimum atomic E-state index is -3.40. The van der Waals surface area contributed by atoms with E-state index in [0.717, 1.165) is 19.5 Å². The van der Waals surface area contributed by atoms with Crippen molar-refractivity contribution < 1.29 is 8.42 Å². The fraction of sp³-hybridized carbons (Fsp3) is 0.333. The third-order valence-corrected chi connectivity index (χ3v) is 6.06. The van der Waals surface area contributed by atoms with Crippen LogP contribution in [0, 0.1) is 5.92 Å². The highest BCUT2D eigenvalue weighted by atomic mass is 32.2. The molecule has 0 aliphatic carbocycles. The molecule has 1 fully saturated rings. The topological polar surface area (TPSA) is 46.2 Å². The highest BCUT2D eigenvalue weighted by Gasteiger charge is 2.18. The zero-order valence-electron chi connectivity index (χ0n) is 12.5. The maximum Gasteiger partial charge on any atom is 0.206 e. The van der Waals surface area contributed by atoms with E-state index in [9.17, 15) is 8.42 Å². The molecule has 1 aliphatic rings. The molecule has 0 unspecified atom stereocenters. The van der Waals surface area contributed by atoms with Gasteiger partial charge in [0.05, 0.1) is 9.79 Å². The van der Waals surface area contributed by atoms with Gasteiger partial charge in [0, 0.05) is 0 Å². The molecule has 0 spiro atoms. The van der Waals surface area contributed by atoms with Crippen LogP contribution in [0.3, 0.4) is 0 Å². The number of rotatable bonds is 4. The summed E-state index contributed by atoms with van der Waals surface area (Å²) in [4.78, 5) is 0.717. The van der Waals surface area contributed by atoms with Crippen LogP contribution >= 0.6 is 0 Å². The lowest BCUT2D eigenvalue weighted by molar-refractivity contribution is 0.372. The number of piperidine rings is 1. The van der Waals surface area contributed by atoms with Crippen LogP contribution in [0.25, 0.3) is 0 Å². The van der Waals surface area contributed by atoms with Gasteiger partial charge in [-0.3, -0.25) is 0 Å². The quantitative estimate of drug-likeness (QED) is 0.943. The van der Waals surface area contributed by atoms with Crippen molar-refractivity contribution in [2.45, 2.75) is 29.1 Å². The average molecular weight is 315 g/mol. The van der Waals surface area contributed by atoms with E-state index in [4.69, 9.17) is 0 Å². The van der Waals surface area contributed by atoms with E-state index < -0.39 is 9.84 Å². The van der Waals surface area contributed by atoms with Crippen LogP contribution in [0.5, 0.6) is 0 Å². The Morgan fingerprint density at radius 2 is 1.45 bits per heavy atom. The van der Waals surface area contributed by atoms with Crippen LogP contribution in [0.15, 0.2) is 64.4 Å². The molecule has 22 heavy (non-hydrogen) atoms. The number of sulfone groups is 1. The number of hydrogen-bond donors (Lipinski definition) is 1. The molecule has 3 rings (SSSR count). The first-order chi connectivity index (χ1) is 10.7. The van der Waals surface area contributed by atoms with Crippen LogP contribution in [-0.2, 0) is 16.3 Å². The monoisotopic (exact) mass is 315 g/mol. The van der Waals surface area contributed by atoms with Crippen LogP contribution in [0.4, 0.5) is 0 Å². The molecular formula is C18H21NO2S. The summed E-state index contributed by atoms with van der Waals surface area (Å²) in [5, 5.41) is 3.37. The van der Waals surface area contributed by atoms with Crippen molar-refractivity contribution in [3.05, 3.63) is 60.2 Å². The molecule has 116 valence electrons. The van der Waals surface area contributed by atoms with Crippen molar-refractivity contribution in [3.63, 3.8) is 0 Å². The van der Waals surface area contributed by atoms with E-state index in [0.29, 0.717) is 15.7 Å². The lowest BCUT2D eigenvalue weighted by atomic mass is 9.91. The third kappa shape index (κ3) is 3.39. The average Bonchev–Trinajstić information content (AvgIpc) is 2.57. The number of nitrogens with one attached hydrogen (secondary N) is 1. The van der Waals surface area contributed by atoms with Gasteiger partial charge in [-0.1, -0.05) is 30.3 Å². The molecule has 4 heteroatoms. The van der Waals surface area contributed by atoms with E-state index in [-0.39, 0.29) is 0 Å². The highest BCUT2D eigenvalue weighted by Crippen LogP contribution is 2.23. The zero-order valence-corrected chi connectivity index (χ0v) is 13.4. The van der Waals surface area contributed by atoms with E-state index in [1.165, 1.54) is 18.4 Å². The molecule has 2 aromatic rings. The van der Waals surface area contributed by atoms with Crippen molar-refractivity contribution in [3.8, 4) is 0 Å². The molecule has 0 aromatic heterocycles. The molecule has 3 nitrogen and oxygen atoms in total. The fourth-order valence-corrected chi connectivity index (χ4v) is 4.24. The largest absolute Gasteiger partial charge is 0.317 e. The first-order valence-electron chi connectivity index (χ1n) is 7.76. The molecular weight excluding hydrogens is 294 g/mol. The molecule has 0 saturated carbocycles. The Kier molecular flexibility index (Phi) is 4.60. The van der Waals surface area contributed by atoms with Crippen molar-refractivity contribution >= 4 is 9.84 Å². The second-order valence-electron chi connectivity index (χ2n) is 5.86. The first-order valence-corrected chi connectivity index (χ1v) is 9.24. The Morgan fingerprint density at radius 1 is 0.864 bits per heavy atom. The van der Waals surface area contributed by atoms with Gasteiger partial charge in [-0.15, -0.1) is 0 Å². The predicted molar refractivity (Wildman–Crippen MR) is 87.6 cm³/mol. The Hall–Kier alpha value is -1.65. The van der Waals surface area contributed by atoms with Gasteiger partial charge in [0.15, 0.2) is 0 Å². The summed E-state index contributed by atoms with van der Waals surface area (Å²) in [7, 11) is -3.40. The Morgan fingerprint density at radius 3 is 2.09 bits per heavy atom.